The van der Waals surface area contributed by atoms with Gasteiger partial charge in [-0.1, -0.05) is 129 Å². The summed E-state index contributed by atoms with van der Waals surface area (Å²) in [5.74, 6) is 1.09. The van der Waals surface area contributed by atoms with E-state index in [2.05, 4.69) is 75.3 Å². The van der Waals surface area contributed by atoms with Crippen molar-refractivity contribution in [1.29, 1.82) is 0 Å². The summed E-state index contributed by atoms with van der Waals surface area (Å²) in [4.78, 5) is 15.1. The zero-order valence-electron chi connectivity index (χ0n) is 39.7. The Kier molecular flexibility index (Phi) is 12.5. The van der Waals surface area contributed by atoms with Gasteiger partial charge in [-0.25, -0.2) is 8.42 Å². The molecule has 5 aliphatic rings. The first-order valence-corrected chi connectivity index (χ1v) is 24.6. The lowest BCUT2D eigenvalue weighted by atomic mass is 9.34. The predicted molar refractivity (Wildman–Crippen MR) is 242 cm³/mol. The Morgan fingerprint density at radius 1 is 0.934 bits per heavy atom. The van der Waals surface area contributed by atoms with Crippen LogP contribution in [-0.2, 0) is 40.4 Å². The smallest absolute Gasteiger partial charge is 0.310 e. The monoisotopic (exact) mass is 860 g/mol. The Morgan fingerprint density at radius 2 is 1.61 bits per heavy atom. The number of ether oxygens (including phenoxy) is 4. The average Bonchev–Trinajstić information content (AvgIpc) is 3.20. The quantitative estimate of drug-likeness (QED) is 0.155. The van der Waals surface area contributed by atoms with E-state index in [-0.39, 0.29) is 69.3 Å². The van der Waals surface area contributed by atoms with Crippen molar-refractivity contribution < 1.29 is 32.2 Å². The number of hydrogen-bond donors (Lipinski definition) is 0. The highest BCUT2D eigenvalue weighted by Gasteiger charge is 2.72. The molecular formula is C52H77NO7S. The molecule has 1 saturated heterocycles. The van der Waals surface area contributed by atoms with Crippen LogP contribution in [0.25, 0.3) is 0 Å². The number of esters is 1. The zero-order valence-corrected chi connectivity index (χ0v) is 40.5. The summed E-state index contributed by atoms with van der Waals surface area (Å²) >= 11 is 0. The van der Waals surface area contributed by atoms with E-state index in [0.717, 1.165) is 49.7 Å². The van der Waals surface area contributed by atoms with Crippen molar-refractivity contribution in [1.82, 2.24) is 4.31 Å². The van der Waals surface area contributed by atoms with E-state index in [9.17, 15) is 13.2 Å². The Hall–Kier alpha value is -2.56. The van der Waals surface area contributed by atoms with E-state index in [1.165, 1.54) is 9.88 Å². The third-order valence-corrected chi connectivity index (χ3v) is 20.0. The molecule has 2 bridgehead atoms. The van der Waals surface area contributed by atoms with Crippen molar-refractivity contribution in [2.75, 3.05) is 34.0 Å². The highest BCUT2D eigenvalue weighted by atomic mass is 32.2. The molecule has 0 aromatic heterocycles. The lowest BCUT2D eigenvalue weighted by molar-refractivity contribution is -0.269. The molecule has 9 heteroatoms. The average molecular weight is 860 g/mol. The Labute approximate surface area is 369 Å². The van der Waals surface area contributed by atoms with Crippen LogP contribution >= 0.6 is 0 Å². The van der Waals surface area contributed by atoms with E-state index in [1.807, 2.05) is 56.5 Å². The summed E-state index contributed by atoms with van der Waals surface area (Å²) in [6.45, 7) is 26.6. The second-order valence-electron chi connectivity index (χ2n) is 22.5. The number of carbonyl (C=O) groups is 1. The minimum absolute atomic E-state index is 0.0486. The third kappa shape index (κ3) is 7.50. The second-order valence-corrected chi connectivity index (χ2v) is 24.5. The van der Waals surface area contributed by atoms with Crippen LogP contribution in [0.2, 0.25) is 0 Å². The summed E-state index contributed by atoms with van der Waals surface area (Å²) in [6, 6.07) is 16.7. The molecule has 8 nitrogen and oxygen atoms in total. The molecule has 0 amide bonds. The highest BCUT2D eigenvalue weighted by Crippen LogP contribution is 2.75. The van der Waals surface area contributed by atoms with E-state index in [4.69, 9.17) is 18.9 Å². The largest absolute Gasteiger partial charge is 0.461 e. The molecular weight excluding hydrogens is 783 g/mol. The van der Waals surface area contributed by atoms with Gasteiger partial charge < -0.3 is 18.9 Å². The number of sulfonamides is 1. The molecule has 338 valence electrons. The van der Waals surface area contributed by atoms with Gasteiger partial charge in [-0.2, -0.15) is 4.31 Å². The van der Waals surface area contributed by atoms with Crippen molar-refractivity contribution >= 4 is 16.0 Å². The number of benzene rings is 2. The summed E-state index contributed by atoms with van der Waals surface area (Å²) in [6.07, 6.45) is 7.81. The first-order valence-electron chi connectivity index (χ1n) is 23.2. The minimum Gasteiger partial charge on any atom is -0.461 e. The molecule has 3 saturated carbocycles. The summed E-state index contributed by atoms with van der Waals surface area (Å²) in [5.41, 5.74) is 1.93. The van der Waals surface area contributed by atoms with Crippen LogP contribution in [0, 0.1) is 69.0 Å². The molecule has 4 aliphatic carbocycles. The van der Waals surface area contributed by atoms with Crippen molar-refractivity contribution in [3.05, 3.63) is 77.4 Å². The van der Waals surface area contributed by atoms with Crippen molar-refractivity contribution in [2.45, 2.75) is 144 Å². The second kappa shape index (κ2) is 16.5. The normalized spacial score (nSPS) is 37.2. The molecule has 0 unspecified atom stereocenters. The van der Waals surface area contributed by atoms with E-state index >= 15 is 0 Å². The van der Waals surface area contributed by atoms with Crippen molar-refractivity contribution in [2.24, 2.45) is 62.1 Å². The Balaban J connectivity index is 1.20. The van der Waals surface area contributed by atoms with Gasteiger partial charge in [0.1, 0.15) is 6.61 Å². The van der Waals surface area contributed by atoms with Gasteiger partial charge in [0.15, 0.2) is 0 Å². The van der Waals surface area contributed by atoms with Gasteiger partial charge in [0, 0.05) is 25.0 Å². The standard InChI is InChI=1S/C52H77NO7S/c1-34(2)36(4)48(8)27-28-50(10)39-23-24-42-49(9)32-58-33-52(42,40(39)25-26-51(50,11)44(48)46(54)60-30-37-17-15-14-16-18-37)29-41(57-13)45(49)59-31-43(47(5,6)7)53(12)61(55,56)38-21-19-35(3)20-22-38/h14-22,25,34,36,39,41-45H,23-24,26-33H2,1-13H3/t36-,39+,41-,42+,43+,44-,45+,48-,49-,50-,51+,52+/m1/s1. The number of likely N-dealkylation sites (N-methyl/N-ethyl adjacent to an activating group) is 1. The Bertz CT molecular complexity index is 2040. The van der Waals surface area contributed by atoms with Gasteiger partial charge >= 0.3 is 5.97 Å². The molecule has 1 aliphatic heterocycles. The molecule has 7 rings (SSSR count). The fourth-order valence-electron chi connectivity index (χ4n) is 14.0. The predicted octanol–water partition coefficient (Wildman–Crippen LogP) is 10.7. The highest BCUT2D eigenvalue weighted by molar-refractivity contribution is 7.89. The van der Waals surface area contributed by atoms with E-state index in [1.54, 1.807) is 19.2 Å². The molecule has 2 aromatic carbocycles. The maximum absolute atomic E-state index is 14.9. The topological polar surface area (TPSA) is 91.4 Å². The van der Waals surface area contributed by atoms with Crippen LogP contribution in [0.1, 0.15) is 119 Å². The number of allylic oxidation sites excluding steroid dienone is 1. The van der Waals surface area contributed by atoms with Crippen LogP contribution < -0.4 is 0 Å². The van der Waals surface area contributed by atoms with Gasteiger partial charge in [0.25, 0.3) is 0 Å². The SMILES string of the molecule is CO[C@@H]1C[C@@]23COC[C@](C)([C@@H]2CC[C@H]2C3=CC[C@@]3(C)[C@H](C(=O)OCc4ccccc4)[C@@](C)([C@H](C)C(C)C)CC[C@]23C)[C@H]1OC[C@H](N(C)S(=O)(=O)c1ccc(C)cc1)C(C)(C)C. The van der Waals surface area contributed by atoms with E-state index in [0.29, 0.717) is 36.9 Å². The third-order valence-electron chi connectivity index (χ3n) is 18.2. The molecule has 61 heavy (non-hydrogen) atoms. The van der Waals surface area contributed by atoms with Crippen molar-refractivity contribution in [3.63, 3.8) is 0 Å². The number of hydrogen-bond acceptors (Lipinski definition) is 7. The van der Waals surface area contributed by atoms with Crippen LogP contribution in [0.4, 0.5) is 0 Å². The fourth-order valence-corrected chi connectivity index (χ4v) is 15.5. The molecule has 0 spiro atoms. The maximum atomic E-state index is 14.9. The fraction of sp³-hybridized carbons (Fsp3) is 0.712. The van der Waals surface area contributed by atoms with Crippen LogP contribution in [0.15, 0.2) is 71.1 Å². The van der Waals surface area contributed by atoms with Gasteiger partial charge in [-0.15, -0.1) is 0 Å². The maximum Gasteiger partial charge on any atom is 0.310 e. The van der Waals surface area contributed by atoms with Crippen LogP contribution in [0.3, 0.4) is 0 Å². The number of methoxy groups -OCH3 is 1. The number of aryl methyl sites for hydroxylation is 1. The summed E-state index contributed by atoms with van der Waals surface area (Å²) in [7, 11) is -0.277. The first-order chi connectivity index (χ1) is 28.5. The van der Waals surface area contributed by atoms with E-state index < -0.39 is 21.5 Å². The van der Waals surface area contributed by atoms with Gasteiger partial charge in [0.05, 0.1) is 48.9 Å². The zero-order chi connectivity index (χ0) is 44.6. The molecule has 0 radical (unpaired) electrons. The van der Waals surface area contributed by atoms with Crippen molar-refractivity contribution in [3.8, 4) is 0 Å². The van der Waals surface area contributed by atoms with Crippen LogP contribution in [-0.4, -0.2) is 70.9 Å². The number of rotatable bonds is 12. The molecule has 1 heterocycles. The number of fused-ring (bicyclic) bond motifs is 3. The Morgan fingerprint density at radius 3 is 2.23 bits per heavy atom. The van der Waals surface area contributed by atoms with Crippen LogP contribution in [0.5, 0.6) is 0 Å². The number of nitrogens with zero attached hydrogens (tertiary/aromatic N) is 1. The summed E-state index contributed by atoms with van der Waals surface area (Å²) in [5, 5.41) is 0. The van der Waals surface area contributed by atoms with Gasteiger partial charge in [0.2, 0.25) is 10.0 Å². The van der Waals surface area contributed by atoms with Gasteiger partial charge in [-0.3, -0.25) is 4.79 Å². The summed E-state index contributed by atoms with van der Waals surface area (Å²) < 4.78 is 56.4. The minimum atomic E-state index is -3.78. The molecule has 2 aromatic rings. The number of carbonyl (C=O) groups excluding carboxylic acids is 1. The lowest BCUT2D eigenvalue weighted by Gasteiger charge is -2.71. The first kappa shape index (κ1) is 46.4. The molecule has 0 N–H and O–H groups in total. The molecule has 4 fully saturated rings. The lowest BCUT2D eigenvalue weighted by Crippen LogP contribution is -2.70. The molecule has 12 atom stereocenters. The van der Waals surface area contributed by atoms with Gasteiger partial charge in [-0.05, 0) is 108 Å².